The highest BCUT2D eigenvalue weighted by Gasteiger charge is 2.19. The zero-order valence-corrected chi connectivity index (χ0v) is 12.2. The number of benzene rings is 1. The fourth-order valence-corrected chi connectivity index (χ4v) is 2.93. The first-order chi connectivity index (χ1) is 10.2. The van der Waals surface area contributed by atoms with Gasteiger partial charge >= 0.3 is 0 Å². The molecule has 0 aromatic heterocycles. The number of aliphatic hydroxyl groups excluding tert-OH is 2. The Bertz CT molecular complexity index is 519. The molecule has 21 heavy (non-hydrogen) atoms. The largest absolute Gasteiger partial charge is 0.396 e. The molecule has 0 radical (unpaired) electrons. The van der Waals surface area contributed by atoms with Gasteiger partial charge in [0.25, 0.3) is 0 Å². The van der Waals surface area contributed by atoms with Crippen molar-refractivity contribution >= 4 is 0 Å². The lowest BCUT2D eigenvalue weighted by Crippen LogP contribution is -2.35. The minimum absolute atomic E-state index is 0.221. The number of piperidine rings is 1. The maximum Gasteiger partial charge on any atom is 0.124 e. The van der Waals surface area contributed by atoms with Gasteiger partial charge in [-0.2, -0.15) is 0 Å². The Balaban J connectivity index is 2.03. The molecular weight excluding hydrogens is 269 g/mol. The first kappa shape index (κ1) is 16.0. The van der Waals surface area contributed by atoms with Crippen molar-refractivity contribution in [3.8, 4) is 11.8 Å². The van der Waals surface area contributed by atoms with Gasteiger partial charge in [0.2, 0.25) is 0 Å². The second-order valence-corrected chi connectivity index (χ2v) is 5.56. The van der Waals surface area contributed by atoms with Crippen LogP contribution < -0.4 is 0 Å². The molecule has 1 fully saturated rings. The van der Waals surface area contributed by atoms with Crippen LogP contribution in [-0.2, 0) is 6.54 Å². The molecule has 0 spiro atoms. The Morgan fingerprint density at radius 2 is 2.14 bits per heavy atom. The molecule has 0 bridgehead atoms. The van der Waals surface area contributed by atoms with Crippen molar-refractivity contribution < 1.29 is 14.6 Å². The number of aliphatic hydroxyl groups is 2. The molecule has 0 aliphatic carbocycles. The lowest BCUT2D eigenvalue weighted by Gasteiger charge is -2.32. The van der Waals surface area contributed by atoms with E-state index >= 15 is 0 Å². The van der Waals surface area contributed by atoms with Crippen molar-refractivity contribution in [2.24, 2.45) is 5.92 Å². The molecule has 0 saturated carbocycles. The second-order valence-electron chi connectivity index (χ2n) is 5.56. The summed E-state index contributed by atoms with van der Waals surface area (Å²) in [5.41, 5.74) is 1.50. The van der Waals surface area contributed by atoms with Crippen LogP contribution in [0.2, 0.25) is 0 Å². The van der Waals surface area contributed by atoms with E-state index in [2.05, 4.69) is 16.7 Å². The second kappa shape index (κ2) is 8.14. The molecule has 1 aliphatic heterocycles. The highest BCUT2D eigenvalue weighted by molar-refractivity contribution is 5.37. The molecule has 0 amide bonds. The minimum Gasteiger partial charge on any atom is -0.396 e. The topological polar surface area (TPSA) is 43.7 Å². The molecule has 1 aromatic carbocycles. The van der Waals surface area contributed by atoms with Crippen LogP contribution in [-0.4, -0.2) is 41.4 Å². The first-order valence-corrected chi connectivity index (χ1v) is 7.43. The lowest BCUT2D eigenvalue weighted by molar-refractivity contribution is 0.142. The van der Waals surface area contributed by atoms with Crippen molar-refractivity contribution in [1.82, 2.24) is 4.90 Å². The SMILES string of the molecule is OCC#Cc1cc(F)cc(CN2CCCC(CCO)C2)c1. The summed E-state index contributed by atoms with van der Waals surface area (Å²) in [6, 6.07) is 4.80. The quantitative estimate of drug-likeness (QED) is 0.831. The van der Waals surface area contributed by atoms with Crippen molar-refractivity contribution in [2.75, 3.05) is 26.3 Å². The van der Waals surface area contributed by atoms with Crippen molar-refractivity contribution in [1.29, 1.82) is 0 Å². The van der Waals surface area contributed by atoms with Crippen molar-refractivity contribution in [3.63, 3.8) is 0 Å². The Labute approximate surface area is 125 Å². The zero-order valence-electron chi connectivity index (χ0n) is 12.2. The zero-order chi connectivity index (χ0) is 15.1. The van der Waals surface area contributed by atoms with Gasteiger partial charge in [-0.25, -0.2) is 4.39 Å². The summed E-state index contributed by atoms with van der Waals surface area (Å²) in [5, 5.41) is 17.8. The van der Waals surface area contributed by atoms with Crippen molar-refractivity contribution in [2.45, 2.75) is 25.8 Å². The fourth-order valence-electron chi connectivity index (χ4n) is 2.93. The Morgan fingerprint density at radius 3 is 2.90 bits per heavy atom. The molecule has 1 atom stereocenters. The average Bonchev–Trinajstić information content (AvgIpc) is 2.45. The number of nitrogens with zero attached hydrogens (tertiary/aromatic N) is 1. The summed E-state index contributed by atoms with van der Waals surface area (Å²) in [6.07, 6.45) is 3.12. The van der Waals surface area contributed by atoms with Gasteiger partial charge in [-0.15, -0.1) is 0 Å². The predicted octanol–water partition coefficient (Wildman–Crippen LogP) is 1.76. The third kappa shape index (κ3) is 5.13. The van der Waals surface area contributed by atoms with Crippen LogP contribution >= 0.6 is 0 Å². The molecule has 114 valence electrons. The number of hydrogen-bond donors (Lipinski definition) is 2. The maximum atomic E-state index is 13.6. The van der Waals surface area contributed by atoms with Crippen LogP contribution in [0.3, 0.4) is 0 Å². The van der Waals surface area contributed by atoms with Gasteiger partial charge in [0.1, 0.15) is 12.4 Å². The van der Waals surface area contributed by atoms with Crippen LogP contribution in [0.5, 0.6) is 0 Å². The summed E-state index contributed by atoms with van der Waals surface area (Å²) in [5.74, 6) is 5.53. The highest BCUT2D eigenvalue weighted by atomic mass is 19.1. The summed E-state index contributed by atoms with van der Waals surface area (Å²) in [4.78, 5) is 2.31. The molecule has 4 heteroatoms. The van der Waals surface area contributed by atoms with E-state index in [9.17, 15) is 4.39 Å². The van der Waals surface area contributed by atoms with Crippen LogP contribution in [0, 0.1) is 23.6 Å². The van der Waals surface area contributed by atoms with Gasteiger partial charge < -0.3 is 10.2 Å². The van der Waals surface area contributed by atoms with Gasteiger partial charge in [0, 0.05) is 25.3 Å². The third-order valence-corrected chi connectivity index (χ3v) is 3.82. The Hall–Kier alpha value is -1.41. The molecule has 1 aromatic rings. The molecule has 1 aliphatic rings. The minimum atomic E-state index is -0.293. The Morgan fingerprint density at radius 1 is 1.29 bits per heavy atom. The molecule has 1 unspecified atom stereocenters. The van der Waals surface area contributed by atoms with E-state index in [0.717, 1.165) is 37.9 Å². The normalized spacial score (nSPS) is 19.1. The van der Waals surface area contributed by atoms with Gasteiger partial charge in [-0.1, -0.05) is 11.8 Å². The smallest absolute Gasteiger partial charge is 0.124 e. The molecule has 2 rings (SSSR count). The van der Waals surface area contributed by atoms with Gasteiger partial charge in [-0.3, -0.25) is 4.90 Å². The number of halogens is 1. The van der Waals surface area contributed by atoms with E-state index in [4.69, 9.17) is 10.2 Å². The lowest BCUT2D eigenvalue weighted by atomic mass is 9.95. The number of hydrogen-bond acceptors (Lipinski definition) is 3. The number of likely N-dealkylation sites (tertiary alicyclic amines) is 1. The van der Waals surface area contributed by atoms with Crippen LogP contribution in [0.4, 0.5) is 4.39 Å². The molecule has 3 nitrogen and oxygen atoms in total. The molecule has 1 saturated heterocycles. The number of rotatable bonds is 4. The van der Waals surface area contributed by atoms with E-state index < -0.39 is 0 Å². The van der Waals surface area contributed by atoms with Crippen molar-refractivity contribution in [3.05, 3.63) is 35.1 Å². The standard InChI is InChI=1S/C17H22FNO2/c18-17-10-15(4-2-7-20)9-16(11-17)13-19-6-1-3-14(12-19)5-8-21/h9-11,14,20-21H,1,3,5-8,12-13H2. The highest BCUT2D eigenvalue weighted by Crippen LogP contribution is 2.21. The molecule has 1 heterocycles. The third-order valence-electron chi connectivity index (χ3n) is 3.82. The predicted molar refractivity (Wildman–Crippen MR) is 80.1 cm³/mol. The van der Waals surface area contributed by atoms with Crippen LogP contribution in [0.25, 0.3) is 0 Å². The van der Waals surface area contributed by atoms with E-state index in [0.29, 0.717) is 18.0 Å². The van der Waals surface area contributed by atoms with Crippen LogP contribution in [0.15, 0.2) is 18.2 Å². The average molecular weight is 291 g/mol. The summed E-state index contributed by atoms with van der Waals surface area (Å²) < 4.78 is 13.6. The van der Waals surface area contributed by atoms with E-state index in [1.807, 2.05) is 6.07 Å². The van der Waals surface area contributed by atoms with Gasteiger partial charge in [-0.05, 0) is 55.5 Å². The van der Waals surface area contributed by atoms with E-state index in [1.54, 1.807) is 6.07 Å². The molecular formula is C17H22FNO2. The monoisotopic (exact) mass is 291 g/mol. The fraction of sp³-hybridized carbons (Fsp3) is 0.529. The van der Waals surface area contributed by atoms with Crippen LogP contribution in [0.1, 0.15) is 30.4 Å². The maximum absolute atomic E-state index is 13.6. The van der Waals surface area contributed by atoms with E-state index in [1.165, 1.54) is 6.07 Å². The molecule has 2 N–H and O–H groups in total. The van der Waals surface area contributed by atoms with Gasteiger partial charge in [0.15, 0.2) is 0 Å². The van der Waals surface area contributed by atoms with E-state index in [-0.39, 0.29) is 19.0 Å². The Kier molecular flexibility index (Phi) is 6.19. The summed E-state index contributed by atoms with van der Waals surface area (Å²) in [7, 11) is 0. The van der Waals surface area contributed by atoms with Gasteiger partial charge in [0.05, 0.1) is 0 Å². The summed E-state index contributed by atoms with van der Waals surface area (Å²) >= 11 is 0. The summed E-state index contributed by atoms with van der Waals surface area (Å²) in [6.45, 7) is 2.68. The first-order valence-electron chi connectivity index (χ1n) is 7.43.